The second-order valence-corrected chi connectivity index (χ2v) is 10.2. The summed E-state index contributed by atoms with van der Waals surface area (Å²) in [6.07, 6.45) is -22.0. The summed E-state index contributed by atoms with van der Waals surface area (Å²) in [6.45, 7) is -3.25. The third-order valence-electron chi connectivity index (χ3n) is 6.80. The van der Waals surface area contributed by atoms with Crippen molar-refractivity contribution >= 4 is 21.8 Å². The third-order valence-corrected chi connectivity index (χ3v) is 6.80. The molecule has 2 aromatic heterocycles. The molecular formula is C26H11F20N3O2. The number of halogens is 20. The number of ether oxygens (including phenoxy) is 2. The summed E-state index contributed by atoms with van der Waals surface area (Å²) in [5, 5.41) is 0.383. The monoisotopic (exact) mass is 777 g/mol. The van der Waals surface area contributed by atoms with Gasteiger partial charge in [-0.15, -0.1) is 0 Å². The first kappa shape index (κ1) is 39.3. The molecule has 0 saturated heterocycles. The van der Waals surface area contributed by atoms with Gasteiger partial charge >= 0.3 is 54.0 Å². The van der Waals surface area contributed by atoms with Gasteiger partial charge < -0.3 is 9.47 Å². The van der Waals surface area contributed by atoms with Crippen molar-refractivity contribution in [1.29, 1.82) is 0 Å². The van der Waals surface area contributed by atoms with E-state index >= 15 is 0 Å². The Hall–Kier alpha value is -4.48. The van der Waals surface area contributed by atoms with Gasteiger partial charge in [0.25, 0.3) is 0 Å². The first-order valence-electron chi connectivity index (χ1n) is 12.8. The van der Waals surface area contributed by atoms with Crippen LogP contribution in [0.1, 0.15) is 0 Å². The van der Waals surface area contributed by atoms with Crippen molar-refractivity contribution in [2.75, 3.05) is 6.61 Å². The molecule has 0 fully saturated rings. The lowest BCUT2D eigenvalue weighted by atomic mass is 10.0. The highest BCUT2D eigenvalue weighted by Crippen LogP contribution is 2.58. The Morgan fingerprint density at radius 3 is 1.35 bits per heavy atom. The van der Waals surface area contributed by atoms with Crippen molar-refractivity contribution in [3.8, 4) is 17.7 Å². The molecule has 0 bridgehead atoms. The lowest BCUT2D eigenvalue weighted by molar-refractivity contribution is -0.445. The molecular weight excluding hydrogens is 766 g/mol. The van der Waals surface area contributed by atoms with Gasteiger partial charge in [-0.3, -0.25) is 4.57 Å². The fourth-order valence-electron chi connectivity index (χ4n) is 4.17. The molecule has 25 heteroatoms. The number of hydrogen-bond acceptors (Lipinski definition) is 4. The Kier molecular flexibility index (Phi) is 9.08. The molecule has 0 aliphatic rings. The summed E-state index contributed by atoms with van der Waals surface area (Å²) in [4.78, 5) is 6.41. The second kappa shape index (κ2) is 11.8. The molecule has 2 heterocycles. The summed E-state index contributed by atoms with van der Waals surface area (Å²) in [7, 11) is 0. The van der Waals surface area contributed by atoms with Gasteiger partial charge in [0.15, 0.2) is 6.61 Å². The second-order valence-electron chi connectivity index (χ2n) is 10.2. The standard InChI is InChI=1S/C26H11F20N3O2/c27-18(28,19(29,30)21(33,34)24(39,40)41)10-50-15-9-16(51-26(45,46)23(37,38)20(31,32)22(35,36)25(42,43)44)48-17(47-15)49-13-7-3-1-5-11(13)12-6-2-4-8-14(12)49/h1-9H,10H2. The van der Waals surface area contributed by atoms with Crippen LogP contribution in [0, 0.1) is 0 Å². The molecule has 0 radical (unpaired) electrons. The number of aromatic nitrogens is 3. The maximum Gasteiger partial charge on any atom is 0.472 e. The van der Waals surface area contributed by atoms with Gasteiger partial charge in [-0.1, -0.05) is 36.4 Å². The summed E-state index contributed by atoms with van der Waals surface area (Å²) in [6, 6.07) is 9.80. The van der Waals surface area contributed by atoms with Gasteiger partial charge in [0.05, 0.1) is 17.1 Å². The van der Waals surface area contributed by atoms with Crippen molar-refractivity contribution in [2.45, 2.75) is 54.0 Å². The summed E-state index contributed by atoms with van der Waals surface area (Å²) < 4.78 is 277. The van der Waals surface area contributed by atoms with Crippen molar-refractivity contribution in [1.82, 2.24) is 14.5 Å². The Morgan fingerprint density at radius 1 is 0.490 bits per heavy atom. The van der Waals surface area contributed by atoms with Crippen LogP contribution in [-0.4, -0.2) is 75.1 Å². The predicted octanol–water partition coefficient (Wildman–Crippen LogP) is 9.86. The molecule has 2 aromatic carbocycles. The lowest BCUT2D eigenvalue weighted by Crippen LogP contribution is -2.67. The van der Waals surface area contributed by atoms with E-state index in [1.54, 1.807) is 0 Å². The van der Waals surface area contributed by atoms with Crippen LogP contribution >= 0.6 is 0 Å². The zero-order chi connectivity index (χ0) is 39.0. The Morgan fingerprint density at radius 2 is 0.902 bits per heavy atom. The van der Waals surface area contributed by atoms with E-state index in [-0.39, 0.29) is 21.8 Å². The molecule has 5 nitrogen and oxygen atoms in total. The molecule has 0 unspecified atom stereocenters. The van der Waals surface area contributed by atoms with Gasteiger partial charge in [-0.25, -0.2) is 0 Å². The molecule has 0 spiro atoms. The van der Waals surface area contributed by atoms with Crippen LogP contribution < -0.4 is 9.47 Å². The molecule has 0 aliphatic heterocycles. The topological polar surface area (TPSA) is 49.2 Å². The summed E-state index contributed by atoms with van der Waals surface area (Å²) >= 11 is 0. The van der Waals surface area contributed by atoms with E-state index < -0.39 is 84.4 Å². The molecule has 0 amide bonds. The molecule has 51 heavy (non-hydrogen) atoms. The van der Waals surface area contributed by atoms with Gasteiger partial charge in [0.1, 0.15) is 0 Å². The van der Waals surface area contributed by atoms with Crippen LogP contribution in [0.15, 0.2) is 54.6 Å². The molecule has 0 atom stereocenters. The molecule has 4 aromatic rings. The maximum absolute atomic E-state index is 14.5. The lowest BCUT2D eigenvalue weighted by Gasteiger charge is -2.36. The number of benzene rings is 2. The quantitative estimate of drug-likeness (QED) is 0.142. The van der Waals surface area contributed by atoms with Crippen LogP contribution in [0.4, 0.5) is 87.8 Å². The molecule has 4 rings (SSSR count). The predicted molar refractivity (Wildman–Crippen MR) is 129 cm³/mol. The van der Waals surface area contributed by atoms with Crippen LogP contribution in [0.25, 0.3) is 27.8 Å². The largest absolute Gasteiger partial charge is 0.472 e. The zero-order valence-electron chi connectivity index (χ0n) is 23.6. The molecule has 282 valence electrons. The normalized spacial score (nSPS) is 14.7. The highest BCUT2D eigenvalue weighted by molar-refractivity contribution is 6.08. The Balaban J connectivity index is 1.88. The SMILES string of the molecule is FC(F)(F)C(F)(F)C(F)(F)C(F)(F)COc1cc(OC(F)(F)C(F)(F)C(F)(F)C(F)(F)C(F)(F)F)nc(-n2c3ccccc3c3ccccc32)n1. The third kappa shape index (κ3) is 6.04. The summed E-state index contributed by atoms with van der Waals surface area (Å²) in [5.74, 6) is -50.6. The van der Waals surface area contributed by atoms with E-state index in [0.29, 0.717) is 4.57 Å². The van der Waals surface area contributed by atoms with E-state index in [9.17, 15) is 87.8 Å². The average molecular weight is 777 g/mol. The van der Waals surface area contributed by atoms with Crippen LogP contribution in [0.5, 0.6) is 11.8 Å². The fourth-order valence-corrected chi connectivity index (χ4v) is 4.17. The summed E-state index contributed by atoms with van der Waals surface area (Å²) in [5.41, 5.74) is -0.256. The van der Waals surface area contributed by atoms with E-state index in [2.05, 4.69) is 19.4 Å². The number of fused-ring (bicyclic) bond motifs is 3. The first-order valence-corrected chi connectivity index (χ1v) is 12.8. The minimum absolute atomic E-state index is 0.128. The van der Waals surface area contributed by atoms with Crippen molar-refractivity contribution in [3.63, 3.8) is 0 Å². The number of alkyl halides is 20. The van der Waals surface area contributed by atoms with Crippen molar-refractivity contribution in [3.05, 3.63) is 54.6 Å². The van der Waals surface area contributed by atoms with E-state index in [0.717, 1.165) is 0 Å². The maximum atomic E-state index is 14.5. The zero-order valence-corrected chi connectivity index (χ0v) is 23.6. The molecule has 0 aliphatic carbocycles. The van der Waals surface area contributed by atoms with Gasteiger partial charge in [0.2, 0.25) is 17.7 Å². The van der Waals surface area contributed by atoms with Crippen LogP contribution in [-0.2, 0) is 0 Å². The van der Waals surface area contributed by atoms with E-state index in [1.807, 2.05) is 0 Å². The fraction of sp³-hybridized carbons (Fsp3) is 0.385. The minimum atomic E-state index is -8.01. The first-order chi connectivity index (χ1) is 22.9. The van der Waals surface area contributed by atoms with E-state index in [4.69, 9.17) is 0 Å². The number of nitrogens with zero attached hydrogens (tertiary/aromatic N) is 3. The van der Waals surface area contributed by atoms with E-state index in [1.165, 1.54) is 48.5 Å². The van der Waals surface area contributed by atoms with Crippen molar-refractivity contribution < 1.29 is 97.3 Å². The number of hydrogen-bond donors (Lipinski definition) is 0. The van der Waals surface area contributed by atoms with Crippen LogP contribution in [0.2, 0.25) is 0 Å². The minimum Gasteiger partial charge on any atom is -0.471 e. The molecule has 0 N–H and O–H groups in total. The van der Waals surface area contributed by atoms with Gasteiger partial charge in [-0.05, 0) is 12.1 Å². The highest BCUT2D eigenvalue weighted by Gasteiger charge is 2.88. The molecule has 0 saturated carbocycles. The number of para-hydroxylation sites is 2. The van der Waals surface area contributed by atoms with Crippen molar-refractivity contribution in [2.24, 2.45) is 0 Å². The van der Waals surface area contributed by atoms with Gasteiger partial charge in [0, 0.05) is 10.8 Å². The number of rotatable bonds is 11. The van der Waals surface area contributed by atoms with Gasteiger partial charge in [-0.2, -0.15) is 97.8 Å². The highest BCUT2D eigenvalue weighted by atomic mass is 19.4. The Labute approximate surface area is 267 Å². The smallest absolute Gasteiger partial charge is 0.471 e. The Bertz CT molecular complexity index is 1860. The average Bonchev–Trinajstić information content (AvgIpc) is 3.32. The van der Waals surface area contributed by atoms with Crippen LogP contribution in [0.3, 0.4) is 0 Å².